The highest BCUT2D eigenvalue weighted by Gasteiger charge is 2.30. The molecule has 2 atom stereocenters. The summed E-state index contributed by atoms with van der Waals surface area (Å²) < 4.78 is 5.59. The van der Waals surface area contributed by atoms with E-state index in [-0.39, 0.29) is 0 Å². The van der Waals surface area contributed by atoms with Gasteiger partial charge in [-0.3, -0.25) is 4.90 Å². The Morgan fingerprint density at radius 3 is 2.57 bits per heavy atom. The van der Waals surface area contributed by atoms with Crippen LogP contribution in [0.5, 0.6) is 0 Å². The normalized spacial score (nSPS) is 35.8. The SMILES string of the molecule is CO[C@@H]1CCCC[C@@H]1N1CCNCC1. The largest absolute Gasteiger partial charge is 0.380 e. The average molecular weight is 198 g/mol. The van der Waals surface area contributed by atoms with Gasteiger partial charge < -0.3 is 10.1 Å². The first-order valence-corrected chi connectivity index (χ1v) is 5.89. The van der Waals surface area contributed by atoms with E-state index in [4.69, 9.17) is 4.74 Å². The third kappa shape index (κ3) is 2.27. The lowest BCUT2D eigenvalue weighted by Crippen LogP contribution is -2.53. The highest BCUT2D eigenvalue weighted by molar-refractivity contribution is 4.86. The zero-order valence-electron chi connectivity index (χ0n) is 9.17. The molecule has 1 saturated heterocycles. The number of rotatable bonds is 2. The maximum absolute atomic E-state index is 5.59. The zero-order chi connectivity index (χ0) is 9.80. The molecule has 82 valence electrons. The van der Waals surface area contributed by atoms with Gasteiger partial charge in [-0.1, -0.05) is 12.8 Å². The molecule has 14 heavy (non-hydrogen) atoms. The van der Waals surface area contributed by atoms with Crippen LogP contribution in [0.1, 0.15) is 25.7 Å². The monoisotopic (exact) mass is 198 g/mol. The van der Waals surface area contributed by atoms with Gasteiger partial charge >= 0.3 is 0 Å². The molecule has 0 unspecified atom stereocenters. The number of nitrogens with one attached hydrogen (secondary N) is 1. The maximum Gasteiger partial charge on any atom is 0.0726 e. The molecule has 1 saturated carbocycles. The minimum absolute atomic E-state index is 0.488. The Balaban J connectivity index is 1.91. The Labute approximate surface area is 86.8 Å². The minimum Gasteiger partial charge on any atom is -0.380 e. The fourth-order valence-corrected chi connectivity index (χ4v) is 2.78. The summed E-state index contributed by atoms with van der Waals surface area (Å²) in [4.78, 5) is 2.61. The summed E-state index contributed by atoms with van der Waals surface area (Å²) in [5.41, 5.74) is 0. The number of methoxy groups -OCH3 is 1. The molecule has 1 N–H and O–H groups in total. The van der Waals surface area contributed by atoms with E-state index in [1.165, 1.54) is 38.8 Å². The number of nitrogens with zero attached hydrogens (tertiary/aromatic N) is 1. The van der Waals surface area contributed by atoms with Gasteiger partial charge in [-0.2, -0.15) is 0 Å². The molecule has 2 rings (SSSR count). The Morgan fingerprint density at radius 1 is 1.14 bits per heavy atom. The molecule has 0 spiro atoms. The van der Waals surface area contributed by atoms with Crippen molar-refractivity contribution in [2.24, 2.45) is 0 Å². The molecule has 1 aliphatic heterocycles. The van der Waals surface area contributed by atoms with Crippen molar-refractivity contribution < 1.29 is 4.74 Å². The molecule has 1 heterocycles. The quantitative estimate of drug-likeness (QED) is 0.712. The van der Waals surface area contributed by atoms with Crippen LogP contribution in [0.15, 0.2) is 0 Å². The summed E-state index contributed by atoms with van der Waals surface area (Å²) in [5.74, 6) is 0. The van der Waals surface area contributed by atoms with Crippen molar-refractivity contribution >= 4 is 0 Å². The van der Waals surface area contributed by atoms with E-state index in [0.29, 0.717) is 12.1 Å². The van der Waals surface area contributed by atoms with Crippen LogP contribution in [0, 0.1) is 0 Å². The lowest BCUT2D eigenvalue weighted by molar-refractivity contribution is -0.0147. The lowest BCUT2D eigenvalue weighted by atomic mass is 9.91. The minimum atomic E-state index is 0.488. The lowest BCUT2D eigenvalue weighted by Gasteiger charge is -2.41. The smallest absolute Gasteiger partial charge is 0.0726 e. The molecule has 2 aliphatic rings. The Morgan fingerprint density at radius 2 is 1.86 bits per heavy atom. The van der Waals surface area contributed by atoms with E-state index in [0.717, 1.165) is 13.1 Å². The first-order chi connectivity index (χ1) is 6.92. The van der Waals surface area contributed by atoms with Crippen LogP contribution in [0.2, 0.25) is 0 Å². The molecule has 0 bridgehead atoms. The van der Waals surface area contributed by atoms with Gasteiger partial charge in [0.15, 0.2) is 0 Å². The molecule has 0 aromatic heterocycles. The summed E-state index contributed by atoms with van der Waals surface area (Å²) >= 11 is 0. The highest BCUT2D eigenvalue weighted by Crippen LogP contribution is 2.25. The average Bonchev–Trinajstić information content (AvgIpc) is 2.30. The number of ether oxygens (including phenoxy) is 1. The molecule has 2 fully saturated rings. The first-order valence-electron chi connectivity index (χ1n) is 5.89. The van der Waals surface area contributed by atoms with Gasteiger partial charge in [-0.25, -0.2) is 0 Å². The molecule has 3 heteroatoms. The number of hydrogen-bond donors (Lipinski definition) is 1. The van der Waals surface area contributed by atoms with Crippen molar-refractivity contribution in [2.75, 3.05) is 33.3 Å². The van der Waals surface area contributed by atoms with Crippen LogP contribution >= 0.6 is 0 Å². The van der Waals surface area contributed by atoms with Gasteiger partial charge in [0, 0.05) is 39.3 Å². The van der Waals surface area contributed by atoms with E-state index in [2.05, 4.69) is 10.2 Å². The topological polar surface area (TPSA) is 24.5 Å². The van der Waals surface area contributed by atoms with Gasteiger partial charge in [0.1, 0.15) is 0 Å². The van der Waals surface area contributed by atoms with E-state index < -0.39 is 0 Å². The van der Waals surface area contributed by atoms with Gasteiger partial charge in [0.05, 0.1) is 6.10 Å². The van der Waals surface area contributed by atoms with Gasteiger partial charge in [0.2, 0.25) is 0 Å². The van der Waals surface area contributed by atoms with E-state index in [9.17, 15) is 0 Å². The van der Waals surface area contributed by atoms with Crippen molar-refractivity contribution in [1.82, 2.24) is 10.2 Å². The predicted molar refractivity (Wildman–Crippen MR) is 57.5 cm³/mol. The molecular formula is C11H22N2O. The van der Waals surface area contributed by atoms with Crippen molar-refractivity contribution in [3.8, 4) is 0 Å². The molecule has 1 aliphatic carbocycles. The molecule has 0 aromatic carbocycles. The van der Waals surface area contributed by atoms with E-state index in [1.54, 1.807) is 0 Å². The van der Waals surface area contributed by atoms with Crippen molar-refractivity contribution in [3.05, 3.63) is 0 Å². The molecule has 0 aromatic rings. The van der Waals surface area contributed by atoms with Crippen molar-refractivity contribution in [1.29, 1.82) is 0 Å². The third-order valence-electron chi connectivity index (χ3n) is 3.59. The highest BCUT2D eigenvalue weighted by atomic mass is 16.5. The van der Waals surface area contributed by atoms with Crippen molar-refractivity contribution in [3.63, 3.8) is 0 Å². The van der Waals surface area contributed by atoms with Crippen LogP contribution in [0.4, 0.5) is 0 Å². The van der Waals surface area contributed by atoms with Crippen LogP contribution in [-0.2, 0) is 4.74 Å². The summed E-state index contributed by atoms with van der Waals surface area (Å²) in [5, 5.41) is 3.40. The number of piperazine rings is 1. The first kappa shape index (κ1) is 10.4. The van der Waals surface area contributed by atoms with E-state index in [1.807, 2.05) is 7.11 Å². The Bertz CT molecular complexity index is 169. The van der Waals surface area contributed by atoms with Crippen LogP contribution in [0.25, 0.3) is 0 Å². The fourth-order valence-electron chi connectivity index (χ4n) is 2.78. The summed E-state index contributed by atoms with van der Waals surface area (Å²) in [6.07, 6.45) is 5.81. The molecular weight excluding hydrogens is 176 g/mol. The summed E-state index contributed by atoms with van der Waals surface area (Å²) in [6, 6.07) is 0.691. The zero-order valence-corrected chi connectivity index (χ0v) is 9.17. The van der Waals surface area contributed by atoms with Gasteiger partial charge in [-0.15, -0.1) is 0 Å². The van der Waals surface area contributed by atoms with E-state index >= 15 is 0 Å². The third-order valence-corrected chi connectivity index (χ3v) is 3.59. The Hall–Kier alpha value is -0.120. The predicted octanol–water partition coefficient (Wildman–Crippen LogP) is 0.849. The maximum atomic E-state index is 5.59. The Kier molecular flexibility index (Phi) is 3.79. The van der Waals surface area contributed by atoms with Gasteiger partial charge in [-0.05, 0) is 12.8 Å². The molecule has 0 amide bonds. The summed E-state index contributed by atoms with van der Waals surface area (Å²) in [6.45, 7) is 4.69. The standard InChI is InChI=1S/C11H22N2O/c1-14-11-5-3-2-4-10(11)13-8-6-12-7-9-13/h10-12H,2-9H2,1H3/t10-,11+/m0/s1. The van der Waals surface area contributed by atoms with Crippen LogP contribution < -0.4 is 5.32 Å². The van der Waals surface area contributed by atoms with Crippen molar-refractivity contribution in [2.45, 2.75) is 37.8 Å². The second-order valence-electron chi connectivity index (χ2n) is 4.41. The summed E-state index contributed by atoms with van der Waals surface area (Å²) in [7, 11) is 1.87. The molecule has 0 radical (unpaired) electrons. The second-order valence-corrected chi connectivity index (χ2v) is 4.41. The molecule has 3 nitrogen and oxygen atoms in total. The second kappa shape index (κ2) is 5.10. The van der Waals surface area contributed by atoms with Gasteiger partial charge in [0.25, 0.3) is 0 Å². The fraction of sp³-hybridized carbons (Fsp3) is 1.00. The van der Waals surface area contributed by atoms with Crippen LogP contribution in [0.3, 0.4) is 0 Å². The van der Waals surface area contributed by atoms with Crippen LogP contribution in [-0.4, -0.2) is 50.3 Å². The number of hydrogen-bond acceptors (Lipinski definition) is 3.